The number of nitriles is 1. The van der Waals surface area contributed by atoms with Crippen molar-refractivity contribution in [2.24, 2.45) is 5.92 Å². The zero-order valence-electron chi connectivity index (χ0n) is 21.0. The van der Waals surface area contributed by atoms with Gasteiger partial charge in [0.1, 0.15) is 17.4 Å². The van der Waals surface area contributed by atoms with Gasteiger partial charge in [0.15, 0.2) is 5.78 Å². The molecule has 9 nitrogen and oxygen atoms in total. The molecule has 1 heterocycles. The summed E-state index contributed by atoms with van der Waals surface area (Å²) in [5.41, 5.74) is -2.80. The second-order valence-corrected chi connectivity index (χ2v) is 9.53. The first-order chi connectivity index (χ1) is 17.1. The number of Topliss-reactive ketones (excluding diaryl/α,β-unsaturated/α-hetero) is 1. The number of amides is 2. The lowest BCUT2D eigenvalue weighted by molar-refractivity contribution is -0.137. The number of carbonyl (C=O) groups is 3. The number of ketones is 1. The Balaban J connectivity index is 2.42. The number of ether oxygens (including phenoxy) is 1. The molecule has 0 spiro atoms. The monoisotopic (exact) mass is 519 g/mol. The van der Waals surface area contributed by atoms with Crippen molar-refractivity contribution in [3.8, 4) is 6.07 Å². The van der Waals surface area contributed by atoms with Crippen molar-refractivity contribution in [3.63, 3.8) is 0 Å². The first-order valence-electron chi connectivity index (χ1n) is 11.3. The normalized spacial score (nSPS) is 11.5. The molecule has 198 valence electrons. The molecule has 37 heavy (non-hydrogen) atoms. The third kappa shape index (κ3) is 9.10. The highest BCUT2D eigenvalue weighted by atomic mass is 19.4. The number of aromatic nitrogens is 1. The minimum absolute atomic E-state index is 0.0171. The Labute approximate surface area is 212 Å². The van der Waals surface area contributed by atoms with Crippen LogP contribution in [0.5, 0.6) is 0 Å². The molecule has 12 heteroatoms. The highest BCUT2D eigenvalue weighted by Crippen LogP contribution is 2.40. The number of nitrogens with one attached hydrogen (secondary N) is 3. The summed E-state index contributed by atoms with van der Waals surface area (Å²) in [5.74, 6) is -1.59. The van der Waals surface area contributed by atoms with E-state index >= 15 is 0 Å². The summed E-state index contributed by atoms with van der Waals surface area (Å²) in [5, 5.41) is 16.3. The number of carbonyl (C=O) groups excluding carboxylic acids is 3. The summed E-state index contributed by atoms with van der Waals surface area (Å²) >= 11 is 0. The molecule has 1 aromatic carbocycles. The lowest BCUT2D eigenvalue weighted by Crippen LogP contribution is -2.28. The Morgan fingerprint density at radius 3 is 2.27 bits per heavy atom. The summed E-state index contributed by atoms with van der Waals surface area (Å²) in [7, 11) is 0. The Morgan fingerprint density at radius 2 is 1.70 bits per heavy atom. The molecular weight excluding hydrogens is 491 g/mol. The SMILES string of the molecule is CC(C)CNc1cc(NC(=O)OC(C)(C)C)c(NC(=O)CC(=O)c2ccnc(C#N)c2)cc1C(F)(F)F. The van der Waals surface area contributed by atoms with Gasteiger partial charge in [-0.15, -0.1) is 0 Å². The molecule has 0 atom stereocenters. The van der Waals surface area contributed by atoms with Crippen LogP contribution in [-0.4, -0.2) is 34.9 Å². The Hall–Kier alpha value is -4.14. The van der Waals surface area contributed by atoms with Crippen LogP contribution in [0, 0.1) is 17.2 Å². The number of alkyl halides is 3. The molecular formula is C25H28F3N5O4. The predicted octanol–water partition coefficient (Wildman–Crippen LogP) is 5.60. The molecule has 0 saturated carbocycles. The summed E-state index contributed by atoms with van der Waals surface area (Å²) in [6.45, 7) is 8.67. The third-order valence-corrected chi connectivity index (χ3v) is 4.59. The molecule has 1 aromatic heterocycles. The van der Waals surface area contributed by atoms with Crippen LogP contribution in [0.1, 0.15) is 62.7 Å². The summed E-state index contributed by atoms with van der Waals surface area (Å²) in [6.07, 6.45) is -5.24. The van der Waals surface area contributed by atoms with Crippen LogP contribution >= 0.6 is 0 Å². The van der Waals surface area contributed by atoms with Gasteiger partial charge in [0.25, 0.3) is 0 Å². The molecule has 0 aliphatic rings. The maximum atomic E-state index is 13.9. The van der Waals surface area contributed by atoms with Crippen LogP contribution in [0.25, 0.3) is 0 Å². The largest absolute Gasteiger partial charge is 0.444 e. The van der Waals surface area contributed by atoms with Gasteiger partial charge in [-0.3, -0.25) is 14.9 Å². The average molecular weight is 520 g/mol. The van der Waals surface area contributed by atoms with Gasteiger partial charge in [-0.25, -0.2) is 9.78 Å². The highest BCUT2D eigenvalue weighted by Gasteiger charge is 2.35. The number of halogens is 3. The predicted molar refractivity (Wildman–Crippen MR) is 131 cm³/mol. The summed E-state index contributed by atoms with van der Waals surface area (Å²) < 4.78 is 46.8. The van der Waals surface area contributed by atoms with E-state index in [-0.39, 0.29) is 40.8 Å². The van der Waals surface area contributed by atoms with Crippen molar-refractivity contribution in [1.82, 2.24) is 4.98 Å². The maximum absolute atomic E-state index is 13.9. The van der Waals surface area contributed by atoms with Crippen LogP contribution in [0.3, 0.4) is 0 Å². The van der Waals surface area contributed by atoms with Gasteiger partial charge in [0.2, 0.25) is 5.91 Å². The van der Waals surface area contributed by atoms with Crippen LogP contribution in [0.2, 0.25) is 0 Å². The molecule has 3 N–H and O–H groups in total. The van der Waals surface area contributed by atoms with Gasteiger partial charge < -0.3 is 15.4 Å². The molecule has 0 bridgehead atoms. The van der Waals surface area contributed by atoms with E-state index in [0.717, 1.165) is 6.07 Å². The molecule has 0 aliphatic carbocycles. The van der Waals surface area contributed by atoms with E-state index in [1.807, 2.05) is 13.8 Å². The van der Waals surface area contributed by atoms with Crippen LogP contribution in [0.15, 0.2) is 30.5 Å². The average Bonchev–Trinajstić information content (AvgIpc) is 2.76. The molecule has 0 radical (unpaired) electrons. The smallest absolute Gasteiger partial charge is 0.418 e. The first-order valence-corrected chi connectivity index (χ1v) is 11.3. The van der Waals surface area contributed by atoms with E-state index in [9.17, 15) is 27.6 Å². The van der Waals surface area contributed by atoms with Crippen molar-refractivity contribution < 1.29 is 32.3 Å². The number of benzene rings is 1. The molecule has 2 amide bonds. The number of hydrogen-bond acceptors (Lipinski definition) is 7. The second kappa shape index (κ2) is 11.7. The number of hydrogen-bond donors (Lipinski definition) is 3. The minimum atomic E-state index is -4.79. The quantitative estimate of drug-likeness (QED) is 0.305. The van der Waals surface area contributed by atoms with Crippen LogP contribution in [0.4, 0.5) is 35.0 Å². The molecule has 2 aromatic rings. The minimum Gasteiger partial charge on any atom is -0.444 e. The fourth-order valence-corrected chi connectivity index (χ4v) is 3.02. The molecule has 0 saturated heterocycles. The van der Waals surface area contributed by atoms with Gasteiger partial charge in [-0.05, 0) is 51.0 Å². The van der Waals surface area contributed by atoms with E-state index in [1.165, 1.54) is 18.3 Å². The number of rotatable bonds is 8. The Kier molecular flexibility index (Phi) is 9.22. The summed E-state index contributed by atoms with van der Waals surface area (Å²) in [6, 6.07) is 6.01. The van der Waals surface area contributed by atoms with Crippen LogP contribution < -0.4 is 16.0 Å². The van der Waals surface area contributed by atoms with Gasteiger partial charge in [-0.1, -0.05) is 13.8 Å². The van der Waals surface area contributed by atoms with Crippen molar-refractivity contribution in [2.45, 2.75) is 52.8 Å². The zero-order chi connectivity index (χ0) is 28.0. The van der Waals surface area contributed by atoms with Crippen molar-refractivity contribution in [2.75, 3.05) is 22.5 Å². The number of nitrogens with zero attached hydrogens (tertiary/aromatic N) is 2. The van der Waals surface area contributed by atoms with Gasteiger partial charge in [0.05, 0.1) is 23.4 Å². The van der Waals surface area contributed by atoms with Crippen molar-refractivity contribution in [1.29, 1.82) is 5.26 Å². The first kappa shape index (κ1) is 29.1. The topological polar surface area (TPSA) is 133 Å². The van der Waals surface area contributed by atoms with E-state index < -0.39 is 41.5 Å². The van der Waals surface area contributed by atoms with Crippen LogP contribution in [-0.2, 0) is 15.7 Å². The lowest BCUT2D eigenvalue weighted by atomic mass is 10.1. The van der Waals surface area contributed by atoms with Crippen molar-refractivity contribution >= 4 is 34.8 Å². The van der Waals surface area contributed by atoms with E-state index in [4.69, 9.17) is 10.00 Å². The Bertz CT molecular complexity index is 1210. The van der Waals surface area contributed by atoms with Gasteiger partial charge >= 0.3 is 12.3 Å². The highest BCUT2D eigenvalue weighted by molar-refractivity contribution is 6.12. The van der Waals surface area contributed by atoms with E-state index in [2.05, 4.69) is 20.9 Å². The fourth-order valence-electron chi connectivity index (χ4n) is 3.02. The molecule has 0 aliphatic heterocycles. The van der Waals surface area contributed by atoms with Gasteiger partial charge in [-0.2, -0.15) is 18.4 Å². The number of anilines is 3. The third-order valence-electron chi connectivity index (χ3n) is 4.59. The van der Waals surface area contributed by atoms with E-state index in [0.29, 0.717) is 6.07 Å². The standard InChI is InChI=1S/C25H28F3N5O4/c1-14(2)13-31-18-10-20(33-23(36)37-24(3,4)5)19(9-17(18)25(26,27)28)32-22(35)11-21(34)15-6-7-30-16(8-15)12-29/h6-10,14,31H,11,13H2,1-5H3,(H,32,35)(H,33,36). The molecule has 0 unspecified atom stereocenters. The maximum Gasteiger partial charge on any atom is 0.418 e. The summed E-state index contributed by atoms with van der Waals surface area (Å²) in [4.78, 5) is 41.2. The second-order valence-electron chi connectivity index (χ2n) is 9.53. The lowest BCUT2D eigenvalue weighted by Gasteiger charge is -2.23. The fraction of sp³-hybridized carbons (Fsp3) is 0.400. The van der Waals surface area contributed by atoms with E-state index in [1.54, 1.807) is 26.8 Å². The Morgan fingerprint density at radius 1 is 1.05 bits per heavy atom. The number of pyridine rings is 1. The van der Waals surface area contributed by atoms with Gasteiger partial charge in [0, 0.05) is 24.0 Å². The molecule has 2 rings (SSSR count). The molecule has 0 fully saturated rings. The zero-order valence-corrected chi connectivity index (χ0v) is 21.0. The van der Waals surface area contributed by atoms with Crippen molar-refractivity contribution in [3.05, 3.63) is 47.3 Å².